The number of nitrogens with one attached hydrogen (secondary N) is 1. The largest absolute Gasteiger partial charge is 0.382 e. The molecule has 0 radical (unpaired) electrons. The van der Waals surface area contributed by atoms with E-state index in [4.69, 9.17) is 9.47 Å². The van der Waals surface area contributed by atoms with Crippen molar-refractivity contribution in [3.05, 3.63) is 47.8 Å². The topological polar surface area (TPSA) is 81.5 Å². The van der Waals surface area contributed by atoms with Crippen LogP contribution in [-0.4, -0.2) is 72.4 Å². The molecule has 1 N–H and O–H groups in total. The van der Waals surface area contributed by atoms with Gasteiger partial charge in [-0.05, 0) is 31.5 Å². The number of carbonyl (C=O) groups is 1. The highest BCUT2D eigenvalue weighted by molar-refractivity contribution is 5.91. The van der Waals surface area contributed by atoms with E-state index in [1.807, 2.05) is 35.0 Å². The molecule has 0 unspecified atom stereocenters. The lowest BCUT2D eigenvalue weighted by Gasteiger charge is -2.23. The standard InChI is InChI=1S/C20H29N5O3.ClH/c1-27-13-14-28-12-11-24(15-17-5-3-2-4-6-17)20(26)19-16-25(23-22-19)18-7-9-21-10-8-18;/h2-6,16,18,21H,7-15H2,1H3;1H. The molecule has 1 aromatic heterocycles. The number of nitrogens with zero attached hydrogens (tertiary/aromatic N) is 4. The minimum Gasteiger partial charge on any atom is -0.382 e. The van der Waals surface area contributed by atoms with E-state index in [-0.39, 0.29) is 18.3 Å². The van der Waals surface area contributed by atoms with Gasteiger partial charge in [0.05, 0.1) is 32.1 Å². The quantitative estimate of drug-likeness (QED) is 0.588. The van der Waals surface area contributed by atoms with E-state index in [9.17, 15) is 4.79 Å². The van der Waals surface area contributed by atoms with Gasteiger partial charge in [0.25, 0.3) is 5.91 Å². The summed E-state index contributed by atoms with van der Waals surface area (Å²) in [6, 6.07) is 10.2. The van der Waals surface area contributed by atoms with Crippen molar-refractivity contribution in [2.45, 2.75) is 25.4 Å². The molecule has 160 valence electrons. The zero-order chi connectivity index (χ0) is 19.6. The van der Waals surface area contributed by atoms with Gasteiger partial charge >= 0.3 is 0 Å². The molecule has 0 spiro atoms. The Morgan fingerprint density at radius 3 is 2.69 bits per heavy atom. The van der Waals surface area contributed by atoms with Crippen molar-refractivity contribution < 1.29 is 14.3 Å². The number of piperidine rings is 1. The number of carbonyl (C=O) groups excluding carboxylic acids is 1. The summed E-state index contributed by atoms with van der Waals surface area (Å²) >= 11 is 0. The number of ether oxygens (including phenoxy) is 2. The number of hydrogen-bond donors (Lipinski definition) is 1. The normalized spacial score (nSPS) is 14.4. The van der Waals surface area contributed by atoms with E-state index in [2.05, 4.69) is 15.6 Å². The third-order valence-corrected chi connectivity index (χ3v) is 4.85. The molecule has 1 amide bonds. The highest BCUT2D eigenvalue weighted by atomic mass is 35.5. The number of aromatic nitrogens is 3. The van der Waals surface area contributed by atoms with Crippen LogP contribution in [-0.2, 0) is 16.0 Å². The van der Waals surface area contributed by atoms with Crippen LogP contribution in [0.25, 0.3) is 0 Å². The number of halogens is 1. The minimum absolute atomic E-state index is 0. The van der Waals surface area contributed by atoms with Crippen LogP contribution in [0.3, 0.4) is 0 Å². The number of hydrogen-bond acceptors (Lipinski definition) is 6. The first-order valence-corrected chi connectivity index (χ1v) is 9.80. The Bertz CT molecular complexity index is 722. The molecule has 29 heavy (non-hydrogen) atoms. The van der Waals surface area contributed by atoms with Crippen LogP contribution >= 0.6 is 12.4 Å². The predicted molar refractivity (Wildman–Crippen MR) is 112 cm³/mol. The van der Waals surface area contributed by atoms with Gasteiger partial charge in [0.2, 0.25) is 0 Å². The Morgan fingerprint density at radius 1 is 1.21 bits per heavy atom. The van der Waals surface area contributed by atoms with Crippen molar-refractivity contribution in [2.75, 3.05) is 46.6 Å². The van der Waals surface area contributed by atoms with E-state index in [0.29, 0.717) is 44.6 Å². The summed E-state index contributed by atoms with van der Waals surface area (Å²) < 4.78 is 12.4. The summed E-state index contributed by atoms with van der Waals surface area (Å²) in [5, 5.41) is 11.7. The van der Waals surface area contributed by atoms with Gasteiger partial charge in [0.15, 0.2) is 5.69 Å². The second-order valence-electron chi connectivity index (χ2n) is 6.88. The third-order valence-electron chi connectivity index (χ3n) is 4.85. The highest BCUT2D eigenvalue weighted by Gasteiger charge is 2.22. The Labute approximate surface area is 178 Å². The summed E-state index contributed by atoms with van der Waals surface area (Å²) in [5.41, 5.74) is 1.45. The first-order chi connectivity index (χ1) is 13.8. The third kappa shape index (κ3) is 7.08. The maximum Gasteiger partial charge on any atom is 0.276 e. The fourth-order valence-electron chi connectivity index (χ4n) is 3.26. The lowest BCUT2D eigenvalue weighted by Crippen LogP contribution is -2.34. The average Bonchev–Trinajstić information content (AvgIpc) is 3.24. The van der Waals surface area contributed by atoms with Gasteiger partial charge in [-0.2, -0.15) is 0 Å². The van der Waals surface area contributed by atoms with Crippen molar-refractivity contribution in [1.82, 2.24) is 25.2 Å². The fourth-order valence-corrected chi connectivity index (χ4v) is 3.26. The predicted octanol–water partition coefficient (Wildman–Crippen LogP) is 1.93. The zero-order valence-corrected chi connectivity index (χ0v) is 17.6. The molecule has 0 bridgehead atoms. The molecule has 1 saturated heterocycles. The smallest absolute Gasteiger partial charge is 0.276 e. The second kappa shape index (κ2) is 12.5. The molecule has 1 fully saturated rings. The maximum atomic E-state index is 13.1. The molecule has 1 aliphatic heterocycles. The lowest BCUT2D eigenvalue weighted by atomic mass is 10.1. The molecule has 0 atom stereocenters. The molecular formula is C20H30ClN5O3. The average molecular weight is 424 g/mol. The molecule has 8 nitrogen and oxygen atoms in total. The van der Waals surface area contributed by atoms with Crippen LogP contribution in [0.2, 0.25) is 0 Å². The van der Waals surface area contributed by atoms with Crippen LogP contribution in [0.4, 0.5) is 0 Å². The van der Waals surface area contributed by atoms with Crippen LogP contribution in [0.15, 0.2) is 36.5 Å². The molecular weight excluding hydrogens is 394 g/mol. The Morgan fingerprint density at radius 2 is 1.97 bits per heavy atom. The highest BCUT2D eigenvalue weighted by Crippen LogP contribution is 2.18. The molecule has 0 saturated carbocycles. The summed E-state index contributed by atoms with van der Waals surface area (Å²) in [4.78, 5) is 14.8. The van der Waals surface area contributed by atoms with Gasteiger partial charge < -0.3 is 19.7 Å². The van der Waals surface area contributed by atoms with Gasteiger partial charge in [-0.25, -0.2) is 4.68 Å². The van der Waals surface area contributed by atoms with Crippen LogP contribution in [0, 0.1) is 0 Å². The zero-order valence-electron chi connectivity index (χ0n) is 16.8. The van der Waals surface area contributed by atoms with Gasteiger partial charge in [-0.3, -0.25) is 4.79 Å². The first-order valence-electron chi connectivity index (χ1n) is 9.80. The molecule has 2 aromatic rings. The van der Waals surface area contributed by atoms with Crippen molar-refractivity contribution in [3.63, 3.8) is 0 Å². The Balaban J connectivity index is 0.00000300. The van der Waals surface area contributed by atoms with E-state index in [0.717, 1.165) is 31.5 Å². The fraction of sp³-hybridized carbons (Fsp3) is 0.550. The van der Waals surface area contributed by atoms with Gasteiger partial charge in [0.1, 0.15) is 0 Å². The van der Waals surface area contributed by atoms with Crippen LogP contribution in [0.1, 0.15) is 34.9 Å². The summed E-state index contributed by atoms with van der Waals surface area (Å²) in [7, 11) is 1.64. The van der Waals surface area contributed by atoms with Crippen molar-refractivity contribution >= 4 is 18.3 Å². The molecule has 1 aromatic carbocycles. The number of methoxy groups -OCH3 is 1. The summed E-state index contributed by atoms with van der Waals surface area (Å²) in [6.07, 6.45) is 3.78. The second-order valence-corrected chi connectivity index (χ2v) is 6.88. The van der Waals surface area contributed by atoms with Gasteiger partial charge in [-0.15, -0.1) is 17.5 Å². The molecule has 2 heterocycles. The van der Waals surface area contributed by atoms with Crippen LogP contribution < -0.4 is 5.32 Å². The molecule has 9 heteroatoms. The van der Waals surface area contributed by atoms with Gasteiger partial charge in [-0.1, -0.05) is 35.5 Å². The molecule has 3 rings (SSSR count). The SMILES string of the molecule is COCCOCCN(Cc1ccccc1)C(=O)c1cn(C2CCNCC2)nn1.Cl. The summed E-state index contributed by atoms with van der Waals surface area (Å²) in [5.74, 6) is -0.126. The van der Waals surface area contributed by atoms with E-state index >= 15 is 0 Å². The van der Waals surface area contributed by atoms with E-state index in [1.165, 1.54) is 0 Å². The number of amides is 1. The van der Waals surface area contributed by atoms with E-state index < -0.39 is 0 Å². The first kappa shape index (κ1) is 23.3. The van der Waals surface area contributed by atoms with Gasteiger partial charge in [0, 0.05) is 20.2 Å². The van der Waals surface area contributed by atoms with Crippen molar-refractivity contribution in [3.8, 4) is 0 Å². The molecule has 0 aliphatic carbocycles. The molecule has 1 aliphatic rings. The summed E-state index contributed by atoms with van der Waals surface area (Å²) in [6.45, 7) is 4.42. The van der Waals surface area contributed by atoms with Crippen LogP contribution in [0.5, 0.6) is 0 Å². The van der Waals surface area contributed by atoms with Crippen molar-refractivity contribution in [2.24, 2.45) is 0 Å². The van der Waals surface area contributed by atoms with Crippen molar-refractivity contribution in [1.29, 1.82) is 0 Å². The maximum absolute atomic E-state index is 13.1. The lowest BCUT2D eigenvalue weighted by molar-refractivity contribution is 0.0474. The Kier molecular flexibility index (Phi) is 10.1. The monoisotopic (exact) mass is 423 g/mol. The number of rotatable bonds is 10. The van der Waals surface area contributed by atoms with E-state index in [1.54, 1.807) is 18.2 Å². The number of benzene rings is 1. The Hall–Kier alpha value is -2.00. The minimum atomic E-state index is -0.126.